The van der Waals surface area contributed by atoms with Crippen LogP contribution in [-0.4, -0.2) is 0 Å². The van der Waals surface area contributed by atoms with Gasteiger partial charge in [-0.3, -0.25) is 0 Å². The molecule has 13 aromatic rings. The number of nitrogens with zero attached hydrogens (tertiary/aromatic N) is 1. The Labute approximate surface area is 363 Å². The van der Waals surface area contributed by atoms with Crippen molar-refractivity contribution < 1.29 is 0 Å². The molecule has 0 spiro atoms. The molecule has 0 fully saturated rings. The molecule has 1 nitrogen and oxygen atoms in total. The monoisotopic (exact) mass is 803 g/mol. The van der Waals surface area contributed by atoms with Crippen molar-refractivity contribution in [2.24, 2.45) is 0 Å². The summed E-state index contributed by atoms with van der Waals surface area (Å²) in [4.78, 5) is 2.44. The second kappa shape index (κ2) is 13.9. The van der Waals surface area contributed by atoms with Crippen molar-refractivity contribution in [1.29, 1.82) is 0 Å². The number of anilines is 3. The van der Waals surface area contributed by atoms with Gasteiger partial charge in [0.2, 0.25) is 0 Å². The zero-order valence-corrected chi connectivity index (χ0v) is 34.5. The van der Waals surface area contributed by atoms with Crippen LogP contribution in [0.15, 0.2) is 224 Å². The molecule has 13 rings (SSSR count). The number of hydrogen-bond acceptors (Lipinski definition) is 2. The topological polar surface area (TPSA) is 3.24 Å². The Balaban J connectivity index is 1.03. The highest BCUT2D eigenvalue weighted by molar-refractivity contribution is 7.25. The Hall–Kier alpha value is -7.78. The molecule has 12 aromatic carbocycles. The maximum absolute atomic E-state index is 2.44. The fraction of sp³-hybridized carbons (Fsp3) is 0. The number of hydrogen-bond donors (Lipinski definition) is 0. The van der Waals surface area contributed by atoms with Crippen LogP contribution in [0.4, 0.5) is 17.1 Å². The van der Waals surface area contributed by atoms with Crippen LogP contribution in [0, 0.1) is 0 Å². The van der Waals surface area contributed by atoms with E-state index in [4.69, 9.17) is 0 Å². The van der Waals surface area contributed by atoms with E-state index in [1.54, 1.807) is 0 Å². The smallest absolute Gasteiger partial charge is 0.0540 e. The van der Waals surface area contributed by atoms with Crippen molar-refractivity contribution in [2.75, 3.05) is 4.90 Å². The first-order valence-electron chi connectivity index (χ1n) is 21.3. The van der Waals surface area contributed by atoms with Crippen molar-refractivity contribution in [1.82, 2.24) is 0 Å². The predicted molar refractivity (Wildman–Crippen MR) is 270 cm³/mol. The molecular formula is C60H37NS. The molecule has 0 N–H and O–H groups in total. The maximum Gasteiger partial charge on any atom is 0.0540 e. The Bertz CT molecular complexity index is 3860. The fourth-order valence-corrected chi connectivity index (χ4v) is 11.2. The lowest BCUT2D eigenvalue weighted by molar-refractivity contribution is 1.32. The van der Waals surface area contributed by atoms with E-state index in [1.165, 1.54) is 107 Å². The van der Waals surface area contributed by atoms with Crippen LogP contribution < -0.4 is 4.90 Å². The molecule has 0 atom stereocenters. The van der Waals surface area contributed by atoms with E-state index in [0.717, 1.165) is 17.1 Å². The van der Waals surface area contributed by atoms with Crippen LogP contribution in [0.2, 0.25) is 0 Å². The summed E-state index contributed by atoms with van der Waals surface area (Å²) in [5, 5.41) is 17.5. The summed E-state index contributed by atoms with van der Waals surface area (Å²) in [5.41, 5.74) is 8.46. The first-order valence-corrected chi connectivity index (χ1v) is 22.1. The van der Waals surface area contributed by atoms with Gasteiger partial charge >= 0.3 is 0 Å². The predicted octanol–water partition coefficient (Wildman–Crippen LogP) is 17.8. The highest BCUT2D eigenvalue weighted by Crippen LogP contribution is 2.48. The first-order chi connectivity index (χ1) is 30.7. The van der Waals surface area contributed by atoms with Crippen LogP contribution in [-0.2, 0) is 0 Å². The maximum atomic E-state index is 2.44. The number of benzene rings is 12. The summed E-state index contributed by atoms with van der Waals surface area (Å²) < 4.78 is 2.65. The third kappa shape index (κ3) is 5.47. The number of rotatable bonds is 5. The second-order valence-corrected chi connectivity index (χ2v) is 17.5. The van der Waals surface area contributed by atoms with Gasteiger partial charge < -0.3 is 4.90 Å². The molecule has 0 unspecified atom stereocenters. The highest BCUT2D eigenvalue weighted by Gasteiger charge is 2.21. The van der Waals surface area contributed by atoms with Crippen LogP contribution in [0.25, 0.3) is 107 Å². The number of fused-ring (bicyclic) bond motifs is 9. The zero-order chi connectivity index (χ0) is 40.7. The largest absolute Gasteiger partial charge is 0.309 e. The van der Waals surface area contributed by atoms with E-state index < -0.39 is 0 Å². The van der Waals surface area contributed by atoms with Crippen molar-refractivity contribution in [3.63, 3.8) is 0 Å². The molecule has 1 heterocycles. The van der Waals surface area contributed by atoms with Gasteiger partial charge in [0.1, 0.15) is 0 Å². The summed E-state index contributed by atoms with van der Waals surface area (Å²) in [6, 6.07) is 83.3. The summed E-state index contributed by atoms with van der Waals surface area (Å²) in [5.74, 6) is 0. The summed E-state index contributed by atoms with van der Waals surface area (Å²) in [7, 11) is 0. The fourth-order valence-electron chi connectivity index (χ4n) is 10.1. The standard InChI is InChI=1S/C60H37NS/c1-2-16-41-36-54-53(35-40(41)15-1)59(50-22-7-8-23-51(50)60(54)45-30-32-58-52(37-45)49-21-9-10-26-57(49)62-58)44-28-27-43-34-46(31-29-42(43)33-44)61(55-24-11-17-38-13-3-5-19-47(38)55)56-25-12-18-39-14-4-6-20-48(39)56/h1-37H. The van der Waals surface area contributed by atoms with Gasteiger partial charge in [-0.1, -0.05) is 164 Å². The normalized spacial score (nSPS) is 11.9. The molecule has 0 amide bonds. The molecule has 0 bridgehead atoms. The SMILES string of the molecule is c1ccc2cc3c(-c4ccc5sc6ccccc6c5c4)c4ccccc4c(-c4ccc5cc(N(c6cccc7ccccc67)c6cccc7ccccc67)ccc5c4)c3cc2c1. The van der Waals surface area contributed by atoms with Gasteiger partial charge in [-0.2, -0.15) is 0 Å². The van der Waals surface area contributed by atoms with Gasteiger partial charge in [-0.15, -0.1) is 11.3 Å². The van der Waals surface area contributed by atoms with Crippen LogP contribution >= 0.6 is 11.3 Å². The van der Waals surface area contributed by atoms with Crippen LogP contribution in [0.1, 0.15) is 0 Å². The highest BCUT2D eigenvalue weighted by atomic mass is 32.1. The van der Waals surface area contributed by atoms with Gasteiger partial charge in [0, 0.05) is 36.6 Å². The van der Waals surface area contributed by atoms with Crippen LogP contribution in [0.3, 0.4) is 0 Å². The quantitative estimate of drug-likeness (QED) is 0.157. The van der Waals surface area contributed by atoms with Crippen molar-refractivity contribution >= 4 is 113 Å². The third-order valence-electron chi connectivity index (χ3n) is 12.9. The minimum atomic E-state index is 1.13. The average molecular weight is 804 g/mol. The van der Waals surface area contributed by atoms with Crippen LogP contribution in [0.5, 0.6) is 0 Å². The van der Waals surface area contributed by atoms with Gasteiger partial charge in [0.25, 0.3) is 0 Å². The Morgan fingerprint density at radius 1 is 0.258 bits per heavy atom. The molecular weight excluding hydrogens is 767 g/mol. The molecule has 2 heteroatoms. The Morgan fingerprint density at radius 3 is 1.35 bits per heavy atom. The summed E-state index contributed by atoms with van der Waals surface area (Å²) >= 11 is 1.87. The first kappa shape index (κ1) is 35.0. The molecule has 0 saturated heterocycles. The lowest BCUT2D eigenvalue weighted by atomic mass is 9.84. The number of thiophene rings is 1. The molecule has 1 aromatic heterocycles. The third-order valence-corrected chi connectivity index (χ3v) is 14.1. The lowest BCUT2D eigenvalue weighted by Crippen LogP contribution is -2.11. The van der Waals surface area contributed by atoms with E-state index >= 15 is 0 Å². The van der Waals surface area contributed by atoms with Crippen molar-refractivity contribution in [3.8, 4) is 22.3 Å². The van der Waals surface area contributed by atoms with E-state index in [2.05, 4.69) is 229 Å². The lowest BCUT2D eigenvalue weighted by Gasteiger charge is -2.28. The molecule has 0 aliphatic heterocycles. The van der Waals surface area contributed by atoms with Crippen molar-refractivity contribution in [2.45, 2.75) is 0 Å². The van der Waals surface area contributed by atoms with E-state index in [9.17, 15) is 0 Å². The molecule has 0 aliphatic carbocycles. The average Bonchev–Trinajstić information content (AvgIpc) is 3.71. The minimum Gasteiger partial charge on any atom is -0.309 e. The molecule has 0 saturated carbocycles. The second-order valence-electron chi connectivity index (χ2n) is 16.4. The van der Waals surface area contributed by atoms with Crippen molar-refractivity contribution in [3.05, 3.63) is 224 Å². The van der Waals surface area contributed by atoms with Gasteiger partial charge in [-0.05, 0) is 137 Å². The van der Waals surface area contributed by atoms with Gasteiger partial charge in [-0.25, -0.2) is 0 Å². The molecule has 0 aliphatic rings. The van der Waals surface area contributed by atoms with Gasteiger partial charge in [0.05, 0.1) is 11.4 Å². The van der Waals surface area contributed by atoms with E-state index in [1.807, 2.05) is 11.3 Å². The molecule has 62 heavy (non-hydrogen) atoms. The van der Waals surface area contributed by atoms with E-state index in [0.29, 0.717) is 0 Å². The Morgan fingerprint density at radius 2 is 0.710 bits per heavy atom. The zero-order valence-electron chi connectivity index (χ0n) is 33.7. The van der Waals surface area contributed by atoms with Gasteiger partial charge in [0.15, 0.2) is 0 Å². The minimum absolute atomic E-state index is 1.13. The summed E-state index contributed by atoms with van der Waals surface area (Å²) in [6.45, 7) is 0. The molecule has 0 radical (unpaired) electrons. The summed E-state index contributed by atoms with van der Waals surface area (Å²) in [6.07, 6.45) is 0. The van der Waals surface area contributed by atoms with E-state index in [-0.39, 0.29) is 0 Å². The Kier molecular flexibility index (Phi) is 7.85. The molecule has 288 valence electrons.